The Balaban J connectivity index is 1.82. The van der Waals surface area contributed by atoms with E-state index in [0.717, 1.165) is 12.1 Å². The highest BCUT2D eigenvalue weighted by molar-refractivity contribution is 7.18. The van der Waals surface area contributed by atoms with Crippen molar-refractivity contribution < 1.29 is 18.3 Å². The lowest BCUT2D eigenvalue weighted by Crippen LogP contribution is -2.25. The number of ether oxygens (including phenoxy) is 1. The van der Waals surface area contributed by atoms with E-state index in [-0.39, 0.29) is 18.9 Å². The van der Waals surface area contributed by atoms with E-state index in [1.807, 2.05) is 0 Å². The molecular formula is C16H12ClF2N3O2S. The molecule has 0 aliphatic heterocycles. The maximum Gasteiger partial charge on any atom is 0.257 e. The molecule has 1 aromatic carbocycles. The molecule has 130 valence electrons. The van der Waals surface area contributed by atoms with Crippen LogP contribution in [-0.4, -0.2) is 22.4 Å². The number of hydrogen-bond acceptors (Lipinski definition) is 5. The van der Waals surface area contributed by atoms with Gasteiger partial charge in [0, 0.05) is 12.7 Å². The van der Waals surface area contributed by atoms with Gasteiger partial charge in [-0.05, 0) is 25.1 Å². The highest BCUT2D eigenvalue weighted by Crippen LogP contribution is 2.26. The normalized spacial score (nSPS) is 10.9. The number of carbonyl (C=O) groups excluding carboxylic acids is 1. The minimum Gasteiger partial charge on any atom is -0.483 e. The molecule has 2 heterocycles. The van der Waals surface area contributed by atoms with Gasteiger partial charge in [-0.25, -0.2) is 18.7 Å². The van der Waals surface area contributed by atoms with E-state index < -0.39 is 23.1 Å². The lowest BCUT2D eigenvalue weighted by Gasteiger charge is -2.10. The van der Waals surface area contributed by atoms with Gasteiger partial charge in [-0.15, -0.1) is 0 Å². The predicted octanol–water partition coefficient (Wildman–Crippen LogP) is 3.95. The van der Waals surface area contributed by atoms with Crippen LogP contribution in [0.25, 0.3) is 10.3 Å². The molecule has 0 spiro atoms. The fourth-order valence-corrected chi connectivity index (χ4v) is 3.10. The molecule has 3 rings (SSSR count). The number of aromatic nitrogens is 2. The first-order valence-corrected chi connectivity index (χ1v) is 8.49. The van der Waals surface area contributed by atoms with E-state index in [1.165, 1.54) is 17.5 Å². The van der Waals surface area contributed by atoms with Gasteiger partial charge in [0.2, 0.25) is 0 Å². The summed E-state index contributed by atoms with van der Waals surface area (Å²) in [6.45, 7) is 1.86. The maximum atomic E-state index is 14.4. The molecule has 0 saturated heterocycles. The van der Waals surface area contributed by atoms with E-state index in [0.29, 0.717) is 20.4 Å². The third kappa shape index (κ3) is 3.69. The number of nitrogens with zero attached hydrogens (tertiary/aromatic N) is 2. The van der Waals surface area contributed by atoms with Crippen molar-refractivity contribution >= 4 is 39.2 Å². The SMILES string of the molecule is CCNC(=O)c1c(F)ccc(OCc2nc3cc(Cl)cnc3s2)c1F. The van der Waals surface area contributed by atoms with Gasteiger partial charge in [-0.3, -0.25) is 4.79 Å². The predicted molar refractivity (Wildman–Crippen MR) is 91.1 cm³/mol. The minimum absolute atomic E-state index is 0.0456. The number of benzene rings is 1. The number of carbonyl (C=O) groups is 1. The molecule has 2 aromatic heterocycles. The molecular weight excluding hydrogens is 372 g/mol. The van der Waals surface area contributed by atoms with Gasteiger partial charge in [-0.1, -0.05) is 22.9 Å². The topological polar surface area (TPSA) is 64.1 Å². The maximum absolute atomic E-state index is 14.4. The Morgan fingerprint density at radius 1 is 1.40 bits per heavy atom. The Kier molecular flexibility index (Phi) is 5.10. The average molecular weight is 384 g/mol. The van der Waals surface area contributed by atoms with Crippen LogP contribution < -0.4 is 10.1 Å². The summed E-state index contributed by atoms with van der Waals surface area (Å²) in [7, 11) is 0. The van der Waals surface area contributed by atoms with Gasteiger partial charge < -0.3 is 10.1 Å². The average Bonchev–Trinajstić information content (AvgIpc) is 2.96. The minimum atomic E-state index is -1.05. The van der Waals surface area contributed by atoms with Crippen molar-refractivity contribution in [3.8, 4) is 5.75 Å². The largest absolute Gasteiger partial charge is 0.483 e. The first-order chi connectivity index (χ1) is 12.0. The monoisotopic (exact) mass is 383 g/mol. The summed E-state index contributed by atoms with van der Waals surface area (Å²) >= 11 is 7.13. The van der Waals surface area contributed by atoms with Gasteiger partial charge in [0.1, 0.15) is 33.3 Å². The summed E-state index contributed by atoms with van der Waals surface area (Å²) < 4.78 is 33.5. The molecule has 0 aliphatic carbocycles. The lowest BCUT2D eigenvalue weighted by molar-refractivity contribution is 0.0946. The first kappa shape index (κ1) is 17.5. The summed E-state index contributed by atoms with van der Waals surface area (Å²) in [4.78, 5) is 20.9. The Morgan fingerprint density at radius 3 is 2.96 bits per heavy atom. The van der Waals surface area contributed by atoms with Crippen molar-refractivity contribution in [1.82, 2.24) is 15.3 Å². The van der Waals surface area contributed by atoms with Crippen LogP contribution in [-0.2, 0) is 6.61 Å². The van der Waals surface area contributed by atoms with Crippen molar-refractivity contribution in [2.24, 2.45) is 0 Å². The molecule has 0 aliphatic rings. The third-order valence-electron chi connectivity index (χ3n) is 3.23. The van der Waals surface area contributed by atoms with Crippen LogP contribution in [0, 0.1) is 11.6 Å². The fourth-order valence-electron chi connectivity index (χ4n) is 2.15. The van der Waals surface area contributed by atoms with Crippen LogP contribution in [0.15, 0.2) is 24.4 Å². The highest BCUT2D eigenvalue weighted by Gasteiger charge is 2.21. The molecule has 3 aromatic rings. The van der Waals surface area contributed by atoms with Crippen molar-refractivity contribution in [2.75, 3.05) is 6.54 Å². The van der Waals surface area contributed by atoms with E-state index in [2.05, 4.69) is 15.3 Å². The number of thiazole rings is 1. The van der Waals surface area contributed by atoms with Crippen molar-refractivity contribution in [3.63, 3.8) is 0 Å². The number of fused-ring (bicyclic) bond motifs is 1. The van der Waals surface area contributed by atoms with Crippen LogP contribution in [0.3, 0.4) is 0 Å². The van der Waals surface area contributed by atoms with Gasteiger partial charge in [0.05, 0.1) is 5.02 Å². The second-order valence-corrected chi connectivity index (χ2v) is 6.47. The standard InChI is InChI=1S/C16H12ClF2N3O2S/c1-2-20-15(23)13-9(18)3-4-11(14(13)19)24-7-12-22-10-5-8(17)6-21-16(10)25-12/h3-6H,2,7H2,1H3,(H,20,23). The van der Waals surface area contributed by atoms with Crippen molar-refractivity contribution in [1.29, 1.82) is 0 Å². The summed E-state index contributed by atoms with van der Waals surface area (Å²) in [5, 5.41) is 3.37. The number of halogens is 3. The number of nitrogens with one attached hydrogen (secondary N) is 1. The Labute approximate surface area is 150 Å². The first-order valence-electron chi connectivity index (χ1n) is 7.29. The molecule has 0 bridgehead atoms. The quantitative estimate of drug-likeness (QED) is 0.724. The molecule has 0 atom stereocenters. The van der Waals surface area contributed by atoms with Crippen LogP contribution >= 0.6 is 22.9 Å². The zero-order valence-corrected chi connectivity index (χ0v) is 14.5. The van der Waals surface area contributed by atoms with E-state index in [9.17, 15) is 13.6 Å². The molecule has 9 heteroatoms. The zero-order chi connectivity index (χ0) is 18.0. The smallest absolute Gasteiger partial charge is 0.257 e. The Hall–Kier alpha value is -2.32. The van der Waals surface area contributed by atoms with Crippen molar-refractivity contribution in [2.45, 2.75) is 13.5 Å². The number of rotatable bonds is 5. The number of amides is 1. The molecule has 0 fully saturated rings. The van der Waals surface area contributed by atoms with Crippen LogP contribution in [0.4, 0.5) is 8.78 Å². The summed E-state index contributed by atoms with van der Waals surface area (Å²) in [6, 6.07) is 3.79. The van der Waals surface area contributed by atoms with Gasteiger partial charge in [-0.2, -0.15) is 0 Å². The summed E-state index contributed by atoms with van der Waals surface area (Å²) in [5.41, 5.74) is -0.0595. The molecule has 1 N–H and O–H groups in total. The molecule has 0 unspecified atom stereocenters. The van der Waals surface area contributed by atoms with Crippen LogP contribution in [0.2, 0.25) is 5.02 Å². The second-order valence-electron chi connectivity index (χ2n) is 4.97. The molecule has 0 saturated carbocycles. The van der Waals surface area contributed by atoms with Gasteiger partial charge >= 0.3 is 0 Å². The van der Waals surface area contributed by atoms with E-state index in [1.54, 1.807) is 13.0 Å². The molecule has 0 radical (unpaired) electrons. The third-order valence-corrected chi connectivity index (χ3v) is 4.39. The number of hydrogen-bond donors (Lipinski definition) is 1. The fraction of sp³-hybridized carbons (Fsp3) is 0.188. The van der Waals surface area contributed by atoms with Crippen LogP contribution in [0.1, 0.15) is 22.3 Å². The van der Waals surface area contributed by atoms with Gasteiger partial charge in [0.25, 0.3) is 5.91 Å². The summed E-state index contributed by atoms with van der Waals surface area (Å²) in [5.74, 6) is -3.06. The Bertz CT molecular complexity index is 949. The van der Waals surface area contributed by atoms with E-state index in [4.69, 9.17) is 16.3 Å². The second kappa shape index (κ2) is 7.28. The lowest BCUT2D eigenvalue weighted by atomic mass is 10.1. The summed E-state index contributed by atoms with van der Waals surface area (Å²) in [6.07, 6.45) is 1.50. The Morgan fingerprint density at radius 2 is 2.20 bits per heavy atom. The van der Waals surface area contributed by atoms with Gasteiger partial charge in [0.15, 0.2) is 11.6 Å². The molecule has 1 amide bonds. The van der Waals surface area contributed by atoms with Crippen molar-refractivity contribution in [3.05, 3.63) is 51.6 Å². The highest BCUT2D eigenvalue weighted by atomic mass is 35.5. The number of pyridine rings is 1. The van der Waals surface area contributed by atoms with E-state index >= 15 is 0 Å². The van der Waals surface area contributed by atoms with Crippen LogP contribution in [0.5, 0.6) is 5.75 Å². The molecule has 5 nitrogen and oxygen atoms in total. The molecule has 25 heavy (non-hydrogen) atoms. The zero-order valence-electron chi connectivity index (χ0n) is 13.0.